The van der Waals surface area contributed by atoms with E-state index in [0.717, 1.165) is 0 Å². The highest BCUT2D eigenvalue weighted by atomic mass is 35.5. The number of pyridine rings is 1. The smallest absolute Gasteiger partial charge is 0.228 e. The third kappa shape index (κ3) is 6.44. The predicted octanol–water partition coefficient (Wildman–Crippen LogP) is 3.64. The fraction of sp³-hybridized carbons (Fsp3) is 0.250. The standard InChI is InChI=1S/C16H19N3O2.2ClH/c1-11(12(2)17)16(20)19-13-6-5-7-14(10-13)21-15-8-3-4-9-18-15;;/h3-12H,17H2,1-2H3,(H,19,20);2*1H. The lowest BCUT2D eigenvalue weighted by molar-refractivity contribution is -0.119. The molecule has 1 aromatic carbocycles. The first-order chi connectivity index (χ1) is 10.1. The molecule has 126 valence electrons. The van der Waals surface area contributed by atoms with Crippen LogP contribution >= 0.6 is 24.8 Å². The molecule has 5 nitrogen and oxygen atoms in total. The molecule has 3 N–H and O–H groups in total. The molecular formula is C16H21Cl2N3O2. The number of hydrogen-bond donors (Lipinski definition) is 2. The lowest BCUT2D eigenvalue weighted by atomic mass is 10.0. The number of halogens is 2. The van der Waals surface area contributed by atoms with E-state index >= 15 is 0 Å². The van der Waals surface area contributed by atoms with Gasteiger partial charge < -0.3 is 15.8 Å². The van der Waals surface area contributed by atoms with Crippen molar-refractivity contribution in [1.82, 2.24) is 4.98 Å². The molecule has 0 spiro atoms. The van der Waals surface area contributed by atoms with Gasteiger partial charge in [-0.1, -0.05) is 19.1 Å². The van der Waals surface area contributed by atoms with Crippen LogP contribution in [-0.4, -0.2) is 16.9 Å². The average Bonchev–Trinajstić information content (AvgIpc) is 2.47. The van der Waals surface area contributed by atoms with E-state index in [1.807, 2.05) is 25.1 Å². The van der Waals surface area contributed by atoms with Gasteiger partial charge in [0.05, 0.1) is 5.92 Å². The number of carbonyl (C=O) groups is 1. The van der Waals surface area contributed by atoms with Gasteiger partial charge in [-0.2, -0.15) is 0 Å². The number of anilines is 1. The van der Waals surface area contributed by atoms with Crippen LogP contribution in [-0.2, 0) is 4.79 Å². The molecule has 1 amide bonds. The molecule has 2 atom stereocenters. The summed E-state index contributed by atoms with van der Waals surface area (Å²) in [5.41, 5.74) is 6.40. The summed E-state index contributed by atoms with van der Waals surface area (Å²) in [7, 11) is 0. The lowest BCUT2D eigenvalue weighted by Crippen LogP contribution is -2.34. The summed E-state index contributed by atoms with van der Waals surface area (Å²) in [5, 5.41) is 2.83. The van der Waals surface area contributed by atoms with Crippen molar-refractivity contribution in [3.05, 3.63) is 48.7 Å². The monoisotopic (exact) mass is 357 g/mol. The molecule has 2 aromatic rings. The van der Waals surface area contributed by atoms with E-state index in [4.69, 9.17) is 10.5 Å². The minimum absolute atomic E-state index is 0. The van der Waals surface area contributed by atoms with Gasteiger partial charge in [0.1, 0.15) is 5.75 Å². The van der Waals surface area contributed by atoms with Crippen LogP contribution in [0.2, 0.25) is 0 Å². The van der Waals surface area contributed by atoms with E-state index < -0.39 is 0 Å². The quantitative estimate of drug-likeness (QED) is 0.856. The highest BCUT2D eigenvalue weighted by Gasteiger charge is 2.17. The van der Waals surface area contributed by atoms with Crippen LogP contribution in [0.15, 0.2) is 48.7 Å². The maximum Gasteiger partial charge on any atom is 0.228 e. The van der Waals surface area contributed by atoms with Crippen molar-refractivity contribution in [2.75, 3.05) is 5.32 Å². The van der Waals surface area contributed by atoms with Crippen molar-refractivity contribution in [2.24, 2.45) is 11.7 Å². The first-order valence-electron chi connectivity index (χ1n) is 6.81. The van der Waals surface area contributed by atoms with Crippen LogP contribution in [0.1, 0.15) is 13.8 Å². The van der Waals surface area contributed by atoms with Gasteiger partial charge in [0, 0.05) is 30.1 Å². The van der Waals surface area contributed by atoms with Crippen molar-refractivity contribution < 1.29 is 9.53 Å². The summed E-state index contributed by atoms with van der Waals surface area (Å²) >= 11 is 0. The molecule has 2 rings (SSSR count). The van der Waals surface area contributed by atoms with E-state index in [0.29, 0.717) is 17.3 Å². The maximum absolute atomic E-state index is 12.0. The van der Waals surface area contributed by atoms with E-state index in [1.165, 1.54) is 0 Å². The van der Waals surface area contributed by atoms with Gasteiger partial charge in [-0.15, -0.1) is 24.8 Å². The fourth-order valence-corrected chi connectivity index (χ4v) is 1.66. The fourth-order valence-electron chi connectivity index (χ4n) is 1.66. The Morgan fingerprint density at radius 2 is 1.91 bits per heavy atom. The Morgan fingerprint density at radius 3 is 2.52 bits per heavy atom. The Kier molecular flexibility index (Phi) is 9.25. The first-order valence-corrected chi connectivity index (χ1v) is 6.81. The molecule has 0 aliphatic rings. The molecule has 0 aliphatic heterocycles. The first kappa shape index (κ1) is 21.2. The third-order valence-electron chi connectivity index (χ3n) is 3.16. The molecule has 0 aliphatic carbocycles. The van der Waals surface area contributed by atoms with Crippen molar-refractivity contribution >= 4 is 36.4 Å². The topological polar surface area (TPSA) is 77.2 Å². The zero-order valence-electron chi connectivity index (χ0n) is 12.9. The van der Waals surface area contributed by atoms with Gasteiger partial charge in [-0.25, -0.2) is 4.98 Å². The number of rotatable bonds is 5. The number of nitrogens with zero attached hydrogens (tertiary/aromatic N) is 1. The molecule has 7 heteroatoms. The maximum atomic E-state index is 12.0. The Bertz CT molecular complexity index is 609. The number of nitrogens with two attached hydrogens (primary N) is 1. The summed E-state index contributed by atoms with van der Waals surface area (Å²) < 4.78 is 5.62. The molecule has 0 saturated carbocycles. The zero-order chi connectivity index (χ0) is 15.2. The predicted molar refractivity (Wildman–Crippen MR) is 96.7 cm³/mol. The van der Waals surface area contributed by atoms with Crippen LogP contribution in [0.4, 0.5) is 5.69 Å². The molecule has 1 aromatic heterocycles. The average molecular weight is 358 g/mol. The number of hydrogen-bond acceptors (Lipinski definition) is 4. The Balaban J connectivity index is 0.00000242. The molecule has 23 heavy (non-hydrogen) atoms. The summed E-state index contributed by atoms with van der Waals surface area (Å²) in [5.74, 6) is 0.746. The molecule has 0 fully saturated rings. The minimum Gasteiger partial charge on any atom is -0.439 e. The molecule has 2 unspecified atom stereocenters. The third-order valence-corrected chi connectivity index (χ3v) is 3.16. The zero-order valence-corrected chi connectivity index (χ0v) is 14.6. The van der Waals surface area contributed by atoms with Gasteiger partial charge in [0.2, 0.25) is 11.8 Å². The second kappa shape index (κ2) is 10.0. The number of nitrogens with one attached hydrogen (secondary N) is 1. The summed E-state index contributed by atoms with van der Waals surface area (Å²) in [6, 6.07) is 12.4. The van der Waals surface area contributed by atoms with Gasteiger partial charge in [0.15, 0.2) is 0 Å². The molecular weight excluding hydrogens is 337 g/mol. The van der Waals surface area contributed by atoms with Crippen LogP contribution in [0.3, 0.4) is 0 Å². The van der Waals surface area contributed by atoms with Crippen molar-refractivity contribution in [1.29, 1.82) is 0 Å². The summed E-state index contributed by atoms with van der Waals surface area (Å²) in [4.78, 5) is 16.1. The van der Waals surface area contributed by atoms with E-state index in [-0.39, 0.29) is 42.7 Å². The lowest BCUT2D eigenvalue weighted by Gasteiger charge is -2.15. The van der Waals surface area contributed by atoms with Crippen LogP contribution in [0.25, 0.3) is 0 Å². The highest BCUT2D eigenvalue weighted by Crippen LogP contribution is 2.22. The van der Waals surface area contributed by atoms with Crippen molar-refractivity contribution in [3.8, 4) is 11.6 Å². The Labute approximate surface area is 148 Å². The second-order valence-corrected chi connectivity index (χ2v) is 4.93. The van der Waals surface area contributed by atoms with Gasteiger partial charge in [-0.3, -0.25) is 4.79 Å². The SMILES string of the molecule is CC(N)C(C)C(=O)Nc1cccc(Oc2ccccn2)c1.Cl.Cl. The Morgan fingerprint density at radius 1 is 1.17 bits per heavy atom. The molecule has 0 bridgehead atoms. The van der Waals surface area contributed by atoms with E-state index in [1.54, 1.807) is 37.4 Å². The highest BCUT2D eigenvalue weighted by molar-refractivity contribution is 5.92. The van der Waals surface area contributed by atoms with Crippen LogP contribution in [0.5, 0.6) is 11.6 Å². The molecule has 1 heterocycles. The number of benzene rings is 1. The number of amides is 1. The van der Waals surface area contributed by atoms with Gasteiger partial charge in [-0.05, 0) is 25.1 Å². The van der Waals surface area contributed by atoms with E-state index in [9.17, 15) is 4.79 Å². The summed E-state index contributed by atoms with van der Waals surface area (Å²) in [6.45, 7) is 3.61. The molecule has 0 saturated heterocycles. The number of aromatic nitrogens is 1. The van der Waals surface area contributed by atoms with Crippen LogP contribution < -0.4 is 15.8 Å². The van der Waals surface area contributed by atoms with E-state index in [2.05, 4.69) is 10.3 Å². The van der Waals surface area contributed by atoms with Gasteiger partial charge in [0.25, 0.3) is 0 Å². The number of carbonyl (C=O) groups excluding carboxylic acids is 1. The minimum atomic E-state index is -0.259. The normalized spacial score (nSPS) is 12.1. The largest absolute Gasteiger partial charge is 0.439 e. The number of ether oxygens (including phenoxy) is 1. The van der Waals surface area contributed by atoms with Crippen molar-refractivity contribution in [3.63, 3.8) is 0 Å². The van der Waals surface area contributed by atoms with Crippen molar-refractivity contribution in [2.45, 2.75) is 19.9 Å². The second-order valence-electron chi connectivity index (χ2n) is 4.93. The Hall–Kier alpha value is -1.82. The van der Waals surface area contributed by atoms with Crippen LogP contribution in [0, 0.1) is 5.92 Å². The van der Waals surface area contributed by atoms with Gasteiger partial charge >= 0.3 is 0 Å². The molecule has 0 radical (unpaired) electrons. The summed E-state index contributed by atoms with van der Waals surface area (Å²) in [6.07, 6.45) is 1.66.